The molecule has 2 aromatic rings. The van der Waals surface area contributed by atoms with Crippen LogP contribution in [0.4, 0.5) is 15.8 Å². The number of carboxylic acid groups (broad SMARTS) is 1. The molecule has 0 saturated heterocycles. The average Bonchev–Trinajstić information content (AvgIpc) is 2.86. The predicted octanol–water partition coefficient (Wildman–Crippen LogP) is 2.35. The van der Waals surface area contributed by atoms with Crippen LogP contribution in [0.1, 0.15) is 16.1 Å². The third kappa shape index (κ3) is 2.85. The minimum atomic E-state index is -1.27. The first-order valence-electron chi connectivity index (χ1n) is 5.67. The lowest BCUT2D eigenvalue weighted by Gasteiger charge is -2.11. The molecule has 0 bridgehead atoms. The lowest BCUT2D eigenvalue weighted by atomic mass is 10.1. The van der Waals surface area contributed by atoms with Crippen molar-refractivity contribution in [2.24, 2.45) is 0 Å². The molecule has 5 nitrogen and oxygen atoms in total. The largest absolute Gasteiger partial charge is 0.478 e. The third-order valence-electron chi connectivity index (χ3n) is 2.67. The smallest absolute Gasteiger partial charge is 0.340 e. The Bertz CT molecular complexity index is 582. The van der Waals surface area contributed by atoms with Crippen LogP contribution in [0.5, 0.6) is 0 Å². The molecular formula is C13H13FN2O3. The zero-order valence-electron chi connectivity index (χ0n) is 10.0. The summed E-state index contributed by atoms with van der Waals surface area (Å²) in [7, 11) is 0. The number of anilines is 2. The highest BCUT2D eigenvalue weighted by molar-refractivity contribution is 6.00. The lowest BCUT2D eigenvalue weighted by Crippen LogP contribution is -2.12. The molecule has 2 rings (SSSR count). The van der Waals surface area contributed by atoms with Crippen LogP contribution in [-0.4, -0.2) is 17.6 Å². The Balaban J connectivity index is 2.11. The van der Waals surface area contributed by atoms with Gasteiger partial charge in [0, 0.05) is 13.0 Å². The molecule has 0 aliphatic carbocycles. The van der Waals surface area contributed by atoms with Crippen LogP contribution in [0, 0.1) is 5.82 Å². The van der Waals surface area contributed by atoms with Crippen LogP contribution in [0.3, 0.4) is 0 Å². The summed E-state index contributed by atoms with van der Waals surface area (Å²) in [5.74, 6) is -1.23. The summed E-state index contributed by atoms with van der Waals surface area (Å²) in [6.07, 6.45) is 2.15. The number of nitrogens with one attached hydrogen (secondary N) is 1. The summed E-state index contributed by atoms with van der Waals surface area (Å²) in [5, 5.41) is 12.0. The number of carboxylic acids is 1. The summed E-state index contributed by atoms with van der Waals surface area (Å²) in [6.45, 7) is 0.457. The van der Waals surface area contributed by atoms with E-state index in [9.17, 15) is 9.18 Å². The van der Waals surface area contributed by atoms with Crippen LogP contribution in [0.25, 0.3) is 0 Å². The van der Waals surface area contributed by atoms with E-state index in [-0.39, 0.29) is 16.9 Å². The van der Waals surface area contributed by atoms with Gasteiger partial charge in [-0.1, -0.05) is 0 Å². The maximum Gasteiger partial charge on any atom is 0.340 e. The molecule has 1 heterocycles. The highest BCUT2D eigenvalue weighted by atomic mass is 19.1. The number of nitrogen functional groups attached to an aromatic ring is 1. The molecule has 0 saturated carbocycles. The van der Waals surface area contributed by atoms with Gasteiger partial charge in [-0.25, -0.2) is 9.18 Å². The van der Waals surface area contributed by atoms with Gasteiger partial charge in [-0.15, -0.1) is 0 Å². The van der Waals surface area contributed by atoms with Crippen molar-refractivity contribution in [2.75, 3.05) is 17.6 Å². The van der Waals surface area contributed by atoms with E-state index in [1.54, 1.807) is 12.3 Å². The van der Waals surface area contributed by atoms with Gasteiger partial charge in [-0.3, -0.25) is 0 Å². The van der Waals surface area contributed by atoms with Gasteiger partial charge in [0.2, 0.25) is 0 Å². The second-order valence-electron chi connectivity index (χ2n) is 3.94. The molecule has 0 atom stereocenters. The summed E-state index contributed by atoms with van der Waals surface area (Å²) in [4.78, 5) is 11.1. The Morgan fingerprint density at radius 1 is 1.42 bits per heavy atom. The van der Waals surface area contributed by atoms with E-state index in [0.717, 1.165) is 11.8 Å². The van der Waals surface area contributed by atoms with Gasteiger partial charge in [0.25, 0.3) is 0 Å². The van der Waals surface area contributed by atoms with E-state index in [1.165, 1.54) is 6.07 Å². The molecule has 0 amide bonds. The Morgan fingerprint density at radius 2 is 2.21 bits per heavy atom. The van der Waals surface area contributed by atoms with Crippen molar-refractivity contribution >= 4 is 17.3 Å². The first-order valence-corrected chi connectivity index (χ1v) is 5.67. The van der Waals surface area contributed by atoms with E-state index in [4.69, 9.17) is 15.3 Å². The van der Waals surface area contributed by atoms with Crippen LogP contribution >= 0.6 is 0 Å². The summed E-state index contributed by atoms with van der Waals surface area (Å²) in [6, 6.07) is 6.08. The van der Waals surface area contributed by atoms with Gasteiger partial charge in [0.1, 0.15) is 17.1 Å². The molecule has 0 fully saturated rings. The molecule has 100 valence electrons. The zero-order valence-corrected chi connectivity index (χ0v) is 10.0. The van der Waals surface area contributed by atoms with Gasteiger partial charge in [0.05, 0.1) is 17.6 Å². The van der Waals surface area contributed by atoms with Crippen LogP contribution in [-0.2, 0) is 6.42 Å². The minimum Gasteiger partial charge on any atom is -0.478 e. The van der Waals surface area contributed by atoms with E-state index < -0.39 is 11.8 Å². The number of aromatic carboxylic acids is 1. The number of rotatable bonds is 5. The molecule has 0 aliphatic rings. The molecule has 4 N–H and O–H groups in total. The quantitative estimate of drug-likeness (QED) is 0.721. The Morgan fingerprint density at radius 3 is 2.84 bits per heavy atom. The molecular weight excluding hydrogens is 251 g/mol. The average molecular weight is 264 g/mol. The molecule has 0 aliphatic heterocycles. The topological polar surface area (TPSA) is 88.5 Å². The first-order chi connectivity index (χ1) is 9.09. The monoisotopic (exact) mass is 264 g/mol. The van der Waals surface area contributed by atoms with E-state index in [2.05, 4.69) is 5.32 Å². The zero-order chi connectivity index (χ0) is 13.8. The number of nitrogens with two attached hydrogens (primary N) is 1. The van der Waals surface area contributed by atoms with E-state index in [1.807, 2.05) is 6.07 Å². The van der Waals surface area contributed by atoms with Crippen LogP contribution in [0.15, 0.2) is 34.9 Å². The van der Waals surface area contributed by atoms with E-state index in [0.29, 0.717) is 13.0 Å². The van der Waals surface area contributed by atoms with Crippen molar-refractivity contribution in [1.29, 1.82) is 0 Å². The molecule has 1 aromatic carbocycles. The fourth-order valence-electron chi connectivity index (χ4n) is 1.75. The number of halogens is 1. The Labute approximate surface area is 108 Å². The third-order valence-corrected chi connectivity index (χ3v) is 2.67. The molecule has 0 radical (unpaired) electrons. The van der Waals surface area contributed by atoms with Crippen molar-refractivity contribution < 1.29 is 18.7 Å². The predicted molar refractivity (Wildman–Crippen MR) is 68.7 cm³/mol. The van der Waals surface area contributed by atoms with Crippen LogP contribution < -0.4 is 11.1 Å². The number of hydrogen-bond acceptors (Lipinski definition) is 4. The SMILES string of the molecule is Nc1c(F)ccc(NCCc2ccco2)c1C(=O)O. The van der Waals surface area contributed by atoms with Crippen molar-refractivity contribution in [1.82, 2.24) is 0 Å². The number of furan rings is 1. The number of carbonyl (C=O) groups is 1. The normalized spacial score (nSPS) is 10.4. The van der Waals surface area contributed by atoms with Gasteiger partial charge in [0.15, 0.2) is 0 Å². The fraction of sp³-hybridized carbons (Fsp3) is 0.154. The molecule has 19 heavy (non-hydrogen) atoms. The molecule has 0 unspecified atom stereocenters. The Kier molecular flexibility index (Phi) is 3.70. The van der Waals surface area contributed by atoms with Gasteiger partial charge < -0.3 is 20.6 Å². The number of hydrogen-bond donors (Lipinski definition) is 3. The first kappa shape index (κ1) is 12.9. The molecule has 6 heteroatoms. The van der Waals surface area contributed by atoms with Crippen molar-refractivity contribution in [3.8, 4) is 0 Å². The maximum absolute atomic E-state index is 13.2. The second kappa shape index (κ2) is 5.43. The van der Waals surface area contributed by atoms with Crippen molar-refractivity contribution in [2.45, 2.75) is 6.42 Å². The van der Waals surface area contributed by atoms with Crippen LogP contribution in [0.2, 0.25) is 0 Å². The second-order valence-corrected chi connectivity index (χ2v) is 3.94. The number of benzene rings is 1. The highest BCUT2D eigenvalue weighted by Gasteiger charge is 2.17. The van der Waals surface area contributed by atoms with Crippen molar-refractivity contribution in [3.05, 3.63) is 47.7 Å². The van der Waals surface area contributed by atoms with Crippen molar-refractivity contribution in [3.63, 3.8) is 0 Å². The maximum atomic E-state index is 13.2. The standard InChI is InChI=1S/C13H13FN2O3/c14-9-3-4-10(11(12(9)15)13(17)18)16-6-5-8-2-1-7-19-8/h1-4,7,16H,5-6,15H2,(H,17,18). The summed E-state index contributed by atoms with van der Waals surface area (Å²) in [5.41, 5.74) is 5.11. The minimum absolute atomic E-state index is 0.251. The molecule has 0 spiro atoms. The molecule has 1 aromatic heterocycles. The fourth-order valence-corrected chi connectivity index (χ4v) is 1.75. The lowest BCUT2D eigenvalue weighted by molar-refractivity contribution is 0.0698. The summed E-state index contributed by atoms with van der Waals surface area (Å²) >= 11 is 0. The van der Waals surface area contributed by atoms with E-state index >= 15 is 0 Å². The Hall–Kier alpha value is -2.50. The van der Waals surface area contributed by atoms with Gasteiger partial charge in [-0.05, 0) is 24.3 Å². The van der Waals surface area contributed by atoms with Gasteiger partial charge in [-0.2, -0.15) is 0 Å². The van der Waals surface area contributed by atoms with Gasteiger partial charge >= 0.3 is 5.97 Å². The summed E-state index contributed by atoms with van der Waals surface area (Å²) < 4.78 is 18.4. The highest BCUT2D eigenvalue weighted by Crippen LogP contribution is 2.25.